The molecule has 2 aromatic rings. The van der Waals surface area contributed by atoms with Crippen LogP contribution >= 0.6 is 0 Å². The fourth-order valence-corrected chi connectivity index (χ4v) is 4.10. The number of amides is 1. The summed E-state index contributed by atoms with van der Waals surface area (Å²) in [4.78, 5) is 15.2. The highest BCUT2D eigenvalue weighted by molar-refractivity contribution is 7.89. The molecule has 0 radical (unpaired) electrons. The Hall–Kier alpha value is -2.58. The number of methoxy groups -OCH3 is 1. The first-order valence-electron chi connectivity index (χ1n) is 9.10. The molecule has 1 saturated heterocycles. The number of benzene rings is 2. The summed E-state index contributed by atoms with van der Waals surface area (Å²) < 4.78 is 31.3. The van der Waals surface area contributed by atoms with Gasteiger partial charge in [0, 0.05) is 38.6 Å². The summed E-state index contributed by atoms with van der Waals surface area (Å²) in [6, 6.07) is 11.7. The molecule has 1 aliphatic heterocycles. The largest absolute Gasteiger partial charge is 0.497 e. The Kier molecular flexibility index (Phi) is 5.90. The van der Waals surface area contributed by atoms with Gasteiger partial charge in [0.05, 0.1) is 17.6 Å². The number of rotatable bonds is 6. The molecule has 1 aliphatic rings. The Morgan fingerprint density at radius 1 is 1.07 bits per heavy atom. The summed E-state index contributed by atoms with van der Waals surface area (Å²) in [6.07, 6.45) is 2.11. The first-order chi connectivity index (χ1) is 13.3. The molecule has 0 atom stereocenters. The van der Waals surface area contributed by atoms with E-state index in [0.29, 0.717) is 17.0 Å². The van der Waals surface area contributed by atoms with Gasteiger partial charge in [0.25, 0.3) is 5.91 Å². The third-order valence-corrected chi connectivity index (χ3v) is 6.60. The van der Waals surface area contributed by atoms with Crippen LogP contribution in [0.1, 0.15) is 23.2 Å². The zero-order valence-electron chi connectivity index (χ0n) is 16.3. The number of hydrogen-bond donors (Lipinski definition) is 1. The summed E-state index contributed by atoms with van der Waals surface area (Å²) in [7, 11) is 0.885. The number of nitrogens with zero attached hydrogens (tertiary/aromatic N) is 2. The second kappa shape index (κ2) is 8.20. The Morgan fingerprint density at radius 2 is 1.71 bits per heavy atom. The van der Waals surface area contributed by atoms with Gasteiger partial charge in [0.2, 0.25) is 10.0 Å². The highest BCUT2D eigenvalue weighted by Gasteiger charge is 2.24. The highest BCUT2D eigenvalue weighted by atomic mass is 32.2. The average molecular weight is 404 g/mol. The van der Waals surface area contributed by atoms with Crippen molar-refractivity contribution in [2.75, 3.05) is 44.5 Å². The molecule has 1 heterocycles. The van der Waals surface area contributed by atoms with Crippen molar-refractivity contribution in [1.29, 1.82) is 0 Å². The van der Waals surface area contributed by atoms with Crippen molar-refractivity contribution >= 4 is 27.3 Å². The highest BCUT2D eigenvalue weighted by Crippen LogP contribution is 2.29. The number of carbonyl (C=O) groups is 1. The molecule has 0 aliphatic carbocycles. The van der Waals surface area contributed by atoms with Gasteiger partial charge in [0.1, 0.15) is 5.75 Å². The van der Waals surface area contributed by atoms with Gasteiger partial charge in [-0.15, -0.1) is 0 Å². The number of ether oxygens (including phenoxy) is 1. The second-order valence-electron chi connectivity index (χ2n) is 6.84. The first-order valence-corrected chi connectivity index (χ1v) is 10.5. The zero-order valence-corrected chi connectivity index (χ0v) is 17.1. The van der Waals surface area contributed by atoms with Crippen LogP contribution in [0.25, 0.3) is 0 Å². The fraction of sp³-hybridized carbons (Fsp3) is 0.350. The van der Waals surface area contributed by atoms with Crippen molar-refractivity contribution in [2.45, 2.75) is 17.7 Å². The molecule has 1 amide bonds. The van der Waals surface area contributed by atoms with Crippen LogP contribution in [0.15, 0.2) is 47.4 Å². The lowest BCUT2D eigenvalue weighted by Crippen LogP contribution is -2.25. The minimum absolute atomic E-state index is 0.0975. The van der Waals surface area contributed by atoms with Crippen molar-refractivity contribution in [3.05, 3.63) is 48.0 Å². The van der Waals surface area contributed by atoms with E-state index in [4.69, 9.17) is 4.74 Å². The van der Waals surface area contributed by atoms with E-state index in [1.165, 1.54) is 20.2 Å². The van der Waals surface area contributed by atoms with Gasteiger partial charge in [-0.25, -0.2) is 12.7 Å². The van der Waals surface area contributed by atoms with E-state index in [1.807, 2.05) is 0 Å². The Morgan fingerprint density at radius 3 is 2.29 bits per heavy atom. The van der Waals surface area contributed by atoms with E-state index in [2.05, 4.69) is 10.2 Å². The van der Waals surface area contributed by atoms with Gasteiger partial charge in [0.15, 0.2) is 0 Å². The molecule has 0 unspecified atom stereocenters. The minimum atomic E-state index is -3.64. The van der Waals surface area contributed by atoms with Crippen LogP contribution < -0.4 is 15.0 Å². The third-order valence-electron chi connectivity index (χ3n) is 4.79. The third kappa shape index (κ3) is 4.13. The standard InChI is InChI=1S/C20H25N3O4S/c1-22(2)28(25,26)17-10-11-19(23-12-4-5-13-23)18(14-17)20(24)21-15-6-8-16(27-3)9-7-15/h6-11,14H,4-5,12-13H2,1-3H3,(H,21,24). The smallest absolute Gasteiger partial charge is 0.257 e. The maximum absolute atomic E-state index is 13.0. The van der Waals surface area contributed by atoms with Crippen molar-refractivity contribution in [3.63, 3.8) is 0 Å². The number of nitrogens with one attached hydrogen (secondary N) is 1. The van der Waals surface area contributed by atoms with Crippen LogP contribution in [0.3, 0.4) is 0 Å². The van der Waals surface area contributed by atoms with Gasteiger partial charge < -0.3 is 15.0 Å². The maximum atomic E-state index is 13.0. The van der Waals surface area contributed by atoms with Gasteiger partial charge >= 0.3 is 0 Å². The monoisotopic (exact) mass is 403 g/mol. The molecular weight excluding hydrogens is 378 g/mol. The van der Waals surface area contributed by atoms with E-state index in [-0.39, 0.29) is 10.8 Å². The molecule has 8 heteroatoms. The van der Waals surface area contributed by atoms with E-state index in [0.717, 1.165) is 35.9 Å². The maximum Gasteiger partial charge on any atom is 0.257 e. The van der Waals surface area contributed by atoms with Crippen molar-refractivity contribution in [1.82, 2.24) is 4.31 Å². The normalized spacial score (nSPS) is 14.4. The summed E-state index contributed by atoms with van der Waals surface area (Å²) >= 11 is 0. The summed E-state index contributed by atoms with van der Waals surface area (Å²) in [5.74, 6) is 0.345. The van der Waals surface area contributed by atoms with Gasteiger partial charge in [-0.05, 0) is 55.3 Å². The molecule has 0 aromatic heterocycles. The van der Waals surface area contributed by atoms with Crippen LogP contribution in [0.2, 0.25) is 0 Å². The van der Waals surface area contributed by atoms with E-state index >= 15 is 0 Å². The second-order valence-corrected chi connectivity index (χ2v) is 8.99. The van der Waals surface area contributed by atoms with E-state index in [9.17, 15) is 13.2 Å². The van der Waals surface area contributed by atoms with Gasteiger partial charge in [-0.3, -0.25) is 4.79 Å². The zero-order chi connectivity index (χ0) is 20.3. The molecule has 28 heavy (non-hydrogen) atoms. The first kappa shape index (κ1) is 20.2. The van der Waals surface area contributed by atoms with Crippen LogP contribution in [0, 0.1) is 0 Å². The number of hydrogen-bond acceptors (Lipinski definition) is 5. The Balaban J connectivity index is 1.98. The lowest BCUT2D eigenvalue weighted by molar-refractivity contribution is 0.102. The van der Waals surface area contributed by atoms with E-state index in [1.54, 1.807) is 43.5 Å². The summed E-state index contributed by atoms with van der Waals surface area (Å²) in [5, 5.41) is 2.85. The predicted octanol–water partition coefficient (Wildman–Crippen LogP) is 2.80. The topological polar surface area (TPSA) is 78.9 Å². The molecule has 0 bridgehead atoms. The van der Waals surface area contributed by atoms with Crippen LogP contribution in [-0.2, 0) is 10.0 Å². The van der Waals surface area contributed by atoms with E-state index < -0.39 is 10.0 Å². The quantitative estimate of drug-likeness (QED) is 0.802. The Labute approximate surface area is 166 Å². The average Bonchev–Trinajstić information content (AvgIpc) is 3.22. The molecular formula is C20H25N3O4S. The predicted molar refractivity (Wildman–Crippen MR) is 110 cm³/mol. The molecule has 1 fully saturated rings. The van der Waals surface area contributed by atoms with Crippen LogP contribution in [0.5, 0.6) is 5.75 Å². The number of carbonyl (C=O) groups excluding carboxylic acids is 1. The molecule has 0 saturated carbocycles. The van der Waals surface area contributed by atoms with Crippen molar-refractivity contribution in [2.24, 2.45) is 0 Å². The molecule has 3 rings (SSSR count). The van der Waals surface area contributed by atoms with Crippen LogP contribution in [0.4, 0.5) is 11.4 Å². The molecule has 150 valence electrons. The molecule has 7 nitrogen and oxygen atoms in total. The SMILES string of the molecule is COc1ccc(NC(=O)c2cc(S(=O)(=O)N(C)C)ccc2N2CCCC2)cc1. The molecule has 2 aromatic carbocycles. The van der Waals surface area contributed by atoms with Crippen molar-refractivity contribution < 1.29 is 17.9 Å². The molecule has 1 N–H and O–H groups in total. The van der Waals surface area contributed by atoms with Crippen LogP contribution in [-0.4, -0.2) is 52.9 Å². The summed E-state index contributed by atoms with van der Waals surface area (Å²) in [5.41, 5.74) is 1.71. The summed E-state index contributed by atoms with van der Waals surface area (Å²) in [6.45, 7) is 1.70. The van der Waals surface area contributed by atoms with Crippen molar-refractivity contribution in [3.8, 4) is 5.75 Å². The lowest BCUT2D eigenvalue weighted by atomic mass is 10.1. The molecule has 0 spiro atoms. The minimum Gasteiger partial charge on any atom is -0.497 e. The lowest BCUT2D eigenvalue weighted by Gasteiger charge is -2.22. The van der Waals surface area contributed by atoms with Gasteiger partial charge in [-0.1, -0.05) is 0 Å². The Bertz CT molecular complexity index is 950. The number of sulfonamides is 1. The number of anilines is 2. The fourth-order valence-electron chi connectivity index (χ4n) is 3.17. The van der Waals surface area contributed by atoms with Gasteiger partial charge in [-0.2, -0.15) is 0 Å².